The van der Waals surface area contributed by atoms with E-state index in [1.165, 1.54) is 0 Å². The summed E-state index contributed by atoms with van der Waals surface area (Å²) in [6.07, 6.45) is -0.444. The molecule has 13 nitrogen and oxygen atoms in total. The van der Waals surface area contributed by atoms with Crippen molar-refractivity contribution in [2.45, 2.75) is 37.5 Å². The number of rotatable bonds is 12. The maximum Gasteiger partial charge on any atom is 0.359 e. The molecule has 0 aliphatic rings. The third-order valence-electron chi connectivity index (χ3n) is 3.38. The predicted octanol–water partition coefficient (Wildman–Crippen LogP) is -2.82. The van der Waals surface area contributed by atoms with Gasteiger partial charge >= 0.3 is 29.5 Å². The Kier molecular flexibility index (Phi) is 9.95. The summed E-state index contributed by atoms with van der Waals surface area (Å²) >= 11 is 3.87. The second kappa shape index (κ2) is 11.1. The number of esters is 1. The molecule has 0 aromatic heterocycles. The van der Waals surface area contributed by atoms with Gasteiger partial charge in [-0.2, -0.15) is 12.6 Å². The fourth-order valence-corrected chi connectivity index (χ4v) is 1.85. The van der Waals surface area contributed by atoms with Crippen LogP contribution in [-0.4, -0.2) is 81.0 Å². The van der Waals surface area contributed by atoms with Crippen LogP contribution in [0.1, 0.15) is 19.8 Å². The summed E-state index contributed by atoms with van der Waals surface area (Å²) < 4.78 is 4.36. The smallest absolute Gasteiger partial charge is 0.359 e. The van der Waals surface area contributed by atoms with Crippen molar-refractivity contribution in [3.63, 3.8) is 0 Å². The molecule has 0 aliphatic carbocycles. The van der Waals surface area contributed by atoms with E-state index in [0.29, 0.717) is 6.92 Å². The number of thiol groups is 1. The van der Waals surface area contributed by atoms with Crippen molar-refractivity contribution in [2.24, 2.45) is 5.73 Å². The van der Waals surface area contributed by atoms with E-state index in [2.05, 4.69) is 22.7 Å². The van der Waals surface area contributed by atoms with Crippen LogP contribution >= 0.6 is 12.6 Å². The van der Waals surface area contributed by atoms with Gasteiger partial charge in [-0.25, -0.2) is 9.59 Å². The molecule has 158 valence electrons. The topological polar surface area (TPSA) is 222 Å². The Morgan fingerprint density at radius 3 is 2.07 bits per heavy atom. The molecule has 0 aromatic carbocycles. The standard InChI is InChI=1S/C14H21N3O10S/c1-14(12(23)24,13(25)26)27-9(19)4-16-10(20)7(5-28)17-8(18)3-2-6(15)11(21)22/h6-7,28H,2-5,15H2,1H3,(H,16,20)(H,17,18)(H,21,22)(H,23,24)(H,25,26). The van der Waals surface area contributed by atoms with Crippen LogP contribution in [0.2, 0.25) is 0 Å². The second-order valence-electron chi connectivity index (χ2n) is 5.62. The summed E-state index contributed by atoms with van der Waals surface area (Å²) in [7, 11) is 0. The number of nitrogens with one attached hydrogen (secondary N) is 2. The van der Waals surface area contributed by atoms with E-state index in [4.69, 9.17) is 21.1 Å². The van der Waals surface area contributed by atoms with E-state index in [0.717, 1.165) is 0 Å². The van der Waals surface area contributed by atoms with Crippen LogP contribution in [0.4, 0.5) is 0 Å². The van der Waals surface area contributed by atoms with Crippen molar-refractivity contribution >= 4 is 48.3 Å². The molecule has 0 spiro atoms. The molecular weight excluding hydrogens is 402 g/mol. The first-order valence-electron chi connectivity index (χ1n) is 7.70. The van der Waals surface area contributed by atoms with Crippen LogP contribution in [-0.2, 0) is 33.5 Å². The highest BCUT2D eigenvalue weighted by Crippen LogP contribution is 2.11. The van der Waals surface area contributed by atoms with Gasteiger partial charge in [0.2, 0.25) is 11.8 Å². The Balaban J connectivity index is 4.63. The molecule has 2 unspecified atom stereocenters. The molecular formula is C14H21N3O10S. The normalized spacial score (nSPS) is 13.0. The van der Waals surface area contributed by atoms with Gasteiger partial charge in [-0.15, -0.1) is 0 Å². The van der Waals surface area contributed by atoms with E-state index in [1.54, 1.807) is 0 Å². The van der Waals surface area contributed by atoms with E-state index in [1.807, 2.05) is 5.32 Å². The molecule has 0 radical (unpaired) electrons. The van der Waals surface area contributed by atoms with Crippen molar-refractivity contribution in [2.75, 3.05) is 12.3 Å². The molecule has 0 aromatic rings. The van der Waals surface area contributed by atoms with Crippen LogP contribution in [0, 0.1) is 0 Å². The first-order chi connectivity index (χ1) is 12.8. The minimum absolute atomic E-state index is 0.169. The van der Waals surface area contributed by atoms with Crippen LogP contribution < -0.4 is 16.4 Å². The highest BCUT2D eigenvalue weighted by atomic mass is 32.1. The molecule has 0 heterocycles. The monoisotopic (exact) mass is 423 g/mol. The van der Waals surface area contributed by atoms with Gasteiger partial charge in [0.1, 0.15) is 18.6 Å². The number of nitrogens with two attached hydrogens (primary N) is 1. The van der Waals surface area contributed by atoms with Crippen molar-refractivity contribution in [3.8, 4) is 0 Å². The molecule has 0 bridgehead atoms. The van der Waals surface area contributed by atoms with Crippen LogP contribution in [0.5, 0.6) is 0 Å². The molecule has 0 saturated carbocycles. The summed E-state index contributed by atoms with van der Waals surface area (Å²) in [5, 5.41) is 30.6. The zero-order chi connectivity index (χ0) is 22.1. The van der Waals surface area contributed by atoms with Crippen molar-refractivity contribution in [1.82, 2.24) is 10.6 Å². The quantitative estimate of drug-likeness (QED) is 0.0963. The maximum atomic E-state index is 12.0. The fourth-order valence-electron chi connectivity index (χ4n) is 1.60. The van der Waals surface area contributed by atoms with E-state index in [-0.39, 0.29) is 18.6 Å². The average molecular weight is 423 g/mol. The Hall–Kier alpha value is -2.87. The lowest BCUT2D eigenvalue weighted by atomic mass is 10.1. The molecule has 28 heavy (non-hydrogen) atoms. The van der Waals surface area contributed by atoms with Crippen molar-refractivity contribution < 1.29 is 48.8 Å². The predicted molar refractivity (Wildman–Crippen MR) is 93.4 cm³/mol. The molecule has 0 rings (SSSR count). The van der Waals surface area contributed by atoms with E-state index < -0.39 is 59.9 Å². The molecule has 14 heteroatoms. The maximum absolute atomic E-state index is 12.0. The third kappa shape index (κ3) is 7.79. The van der Waals surface area contributed by atoms with Gasteiger partial charge in [0, 0.05) is 12.2 Å². The minimum Gasteiger partial charge on any atom is -0.480 e. The lowest BCUT2D eigenvalue weighted by Gasteiger charge is -2.21. The van der Waals surface area contributed by atoms with Gasteiger partial charge in [-0.05, 0) is 13.3 Å². The zero-order valence-corrected chi connectivity index (χ0v) is 15.6. The van der Waals surface area contributed by atoms with Gasteiger partial charge in [0.05, 0.1) is 0 Å². The number of carboxylic acid groups (broad SMARTS) is 3. The summed E-state index contributed by atoms with van der Waals surface area (Å²) in [6.45, 7) is -0.213. The first-order valence-corrected chi connectivity index (χ1v) is 8.33. The Morgan fingerprint density at radius 2 is 1.64 bits per heavy atom. The lowest BCUT2D eigenvalue weighted by molar-refractivity contribution is -0.188. The summed E-state index contributed by atoms with van der Waals surface area (Å²) in [5.41, 5.74) is 2.42. The number of hydrogen-bond acceptors (Lipinski definition) is 9. The van der Waals surface area contributed by atoms with Crippen LogP contribution in [0.15, 0.2) is 0 Å². The SMILES string of the molecule is CC(OC(=O)CNC(=O)C(CS)NC(=O)CCC(N)C(=O)O)(C(=O)O)C(=O)O. The van der Waals surface area contributed by atoms with Gasteiger partial charge in [0.15, 0.2) is 0 Å². The number of ether oxygens (including phenoxy) is 1. The highest BCUT2D eigenvalue weighted by Gasteiger charge is 2.46. The molecule has 7 N–H and O–H groups in total. The third-order valence-corrected chi connectivity index (χ3v) is 3.74. The Morgan fingerprint density at radius 1 is 1.11 bits per heavy atom. The highest BCUT2D eigenvalue weighted by molar-refractivity contribution is 7.80. The van der Waals surface area contributed by atoms with Gasteiger partial charge < -0.3 is 36.4 Å². The Bertz CT molecular complexity index is 639. The van der Waals surface area contributed by atoms with Crippen molar-refractivity contribution in [1.29, 1.82) is 0 Å². The van der Waals surface area contributed by atoms with Crippen LogP contribution in [0.25, 0.3) is 0 Å². The number of amides is 2. The molecule has 2 atom stereocenters. The summed E-state index contributed by atoms with van der Waals surface area (Å²) in [4.78, 5) is 67.7. The number of aliphatic carboxylic acids is 3. The number of hydrogen-bond donors (Lipinski definition) is 7. The Labute approximate surface area is 164 Å². The zero-order valence-electron chi connectivity index (χ0n) is 14.7. The van der Waals surface area contributed by atoms with Gasteiger partial charge in [0.25, 0.3) is 0 Å². The molecule has 0 aliphatic heterocycles. The molecule has 0 saturated heterocycles. The fraction of sp³-hybridized carbons (Fsp3) is 0.571. The van der Waals surface area contributed by atoms with E-state index >= 15 is 0 Å². The summed E-state index contributed by atoms with van der Waals surface area (Å²) in [5.74, 6) is -8.20. The number of carbonyl (C=O) groups excluding carboxylic acids is 3. The number of carboxylic acids is 3. The molecule has 2 amide bonds. The van der Waals surface area contributed by atoms with E-state index in [9.17, 15) is 28.8 Å². The second-order valence-corrected chi connectivity index (χ2v) is 5.99. The largest absolute Gasteiger partial charge is 0.480 e. The van der Waals surface area contributed by atoms with Gasteiger partial charge in [-0.3, -0.25) is 19.2 Å². The van der Waals surface area contributed by atoms with Crippen LogP contribution in [0.3, 0.4) is 0 Å². The minimum atomic E-state index is -2.83. The van der Waals surface area contributed by atoms with Gasteiger partial charge in [-0.1, -0.05) is 0 Å². The first kappa shape index (κ1) is 25.1. The lowest BCUT2D eigenvalue weighted by Crippen LogP contribution is -2.52. The summed E-state index contributed by atoms with van der Waals surface area (Å²) in [6, 6.07) is -2.45. The average Bonchev–Trinajstić information content (AvgIpc) is 2.61. The van der Waals surface area contributed by atoms with Crippen molar-refractivity contribution in [3.05, 3.63) is 0 Å². The number of carbonyl (C=O) groups is 6. The molecule has 0 fully saturated rings.